The van der Waals surface area contributed by atoms with E-state index in [1.165, 1.54) is 173 Å². The molecule has 0 aliphatic rings. The lowest BCUT2D eigenvalue weighted by atomic mass is 9.89. The SMILES string of the molecule is CCCCCCCCCCCCC#CC#CCCCCCCCCC(=O)N(CCN(C)C)C(C(=O)NCCCCCCCCCCCCCCCCCC)C(CC)CCCC. The summed E-state index contributed by atoms with van der Waals surface area (Å²) in [5, 5.41) is 3.32. The number of nitrogens with one attached hydrogen (secondary N) is 1. The van der Waals surface area contributed by atoms with Gasteiger partial charge in [0.1, 0.15) is 6.04 Å². The van der Waals surface area contributed by atoms with E-state index in [1.807, 2.05) is 4.90 Å². The molecule has 0 fully saturated rings. The van der Waals surface area contributed by atoms with E-state index in [2.05, 4.69) is 75.7 Å². The molecule has 0 bridgehead atoms. The number of unbranched alkanes of at least 4 members (excludes halogenated alkanes) is 32. The van der Waals surface area contributed by atoms with Crippen LogP contribution in [0.4, 0.5) is 0 Å². The third-order valence-electron chi connectivity index (χ3n) is 12.8. The van der Waals surface area contributed by atoms with Crippen molar-refractivity contribution in [2.45, 2.75) is 284 Å². The van der Waals surface area contributed by atoms with Gasteiger partial charge in [0.15, 0.2) is 0 Å². The number of carbonyl (C=O) groups excluding carboxylic acids is 2. The monoisotopic (exact) mass is 852 g/mol. The minimum atomic E-state index is -0.379. The van der Waals surface area contributed by atoms with Crippen LogP contribution in [0, 0.1) is 29.6 Å². The molecule has 0 aromatic heterocycles. The van der Waals surface area contributed by atoms with Crippen molar-refractivity contribution >= 4 is 11.8 Å². The van der Waals surface area contributed by atoms with Crippen molar-refractivity contribution in [1.82, 2.24) is 15.1 Å². The number of hydrogen-bond donors (Lipinski definition) is 1. The summed E-state index contributed by atoms with van der Waals surface area (Å²) in [6.07, 6.45) is 48.3. The maximum atomic E-state index is 14.0. The van der Waals surface area contributed by atoms with E-state index in [9.17, 15) is 9.59 Å². The minimum absolute atomic E-state index is 0.0687. The van der Waals surface area contributed by atoms with Crippen LogP contribution in [0.2, 0.25) is 0 Å². The molecule has 5 nitrogen and oxygen atoms in total. The van der Waals surface area contributed by atoms with Gasteiger partial charge in [-0.05, 0) is 64.0 Å². The average molecular weight is 852 g/mol. The average Bonchev–Trinajstić information content (AvgIpc) is 3.25. The van der Waals surface area contributed by atoms with Crippen LogP contribution in [0.3, 0.4) is 0 Å². The Morgan fingerprint density at radius 3 is 1.23 bits per heavy atom. The van der Waals surface area contributed by atoms with Crippen molar-refractivity contribution in [2.75, 3.05) is 33.7 Å². The Labute approximate surface area is 382 Å². The maximum absolute atomic E-state index is 14.0. The van der Waals surface area contributed by atoms with E-state index >= 15 is 0 Å². The lowest BCUT2D eigenvalue weighted by molar-refractivity contribution is -0.143. The summed E-state index contributed by atoms with van der Waals surface area (Å²) in [5.41, 5.74) is 0. The van der Waals surface area contributed by atoms with Crippen molar-refractivity contribution in [1.29, 1.82) is 0 Å². The predicted molar refractivity (Wildman–Crippen MR) is 269 cm³/mol. The molecule has 0 radical (unpaired) electrons. The second-order valence-electron chi connectivity index (χ2n) is 18.9. The fourth-order valence-electron chi connectivity index (χ4n) is 8.63. The molecule has 0 saturated carbocycles. The molecule has 1 N–H and O–H groups in total. The van der Waals surface area contributed by atoms with Gasteiger partial charge in [-0.15, -0.1) is 0 Å². The third-order valence-corrected chi connectivity index (χ3v) is 12.8. The van der Waals surface area contributed by atoms with Crippen LogP contribution in [0.15, 0.2) is 0 Å². The highest BCUT2D eigenvalue weighted by molar-refractivity contribution is 5.88. The first kappa shape index (κ1) is 59.0. The number of hydrogen-bond acceptors (Lipinski definition) is 3. The highest BCUT2D eigenvalue weighted by Crippen LogP contribution is 2.24. The zero-order valence-corrected chi connectivity index (χ0v) is 42.1. The van der Waals surface area contributed by atoms with Gasteiger partial charge in [-0.1, -0.05) is 239 Å². The Hall–Kier alpha value is -1.98. The highest BCUT2D eigenvalue weighted by Gasteiger charge is 2.35. The summed E-state index contributed by atoms with van der Waals surface area (Å²) in [6, 6.07) is -0.379. The standard InChI is InChI=1S/C56H105N3O2/c1-7-11-14-16-18-20-22-24-26-28-29-30-31-32-33-34-36-38-40-42-44-46-49-54(60)59(52-51-58(5)6)55(53(10-4)48-13-9-3)56(61)57-50-47-45-43-41-39-37-35-27-25-23-21-19-17-15-12-8-2/h53,55H,7-29,34-52H2,1-6H3,(H,57,61). The van der Waals surface area contributed by atoms with E-state index in [0.717, 1.165) is 77.2 Å². The fraction of sp³-hybridized carbons (Fsp3) is 0.893. The van der Waals surface area contributed by atoms with Crippen LogP contribution in [-0.2, 0) is 9.59 Å². The lowest BCUT2D eigenvalue weighted by Gasteiger charge is -2.37. The van der Waals surface area contributed by atoms with Crippen LogP contribution in [0.5, 0.6) is 0 Å². The Morgan fingerprint density at radius 1 is 0.459 bits per heavy atom. The number of rotatable bonds is 45. The van der Waals surface area contributed by atoms with E-state index < -0.39 is 0 Å². The van der Waals surface area contributed by atoms with Crippen LogP contribution in [0.25, 0.3) is 0 Å². The summed E-state index contributed by atoms with van der Waals surface area (Å²) >= 11 is 0. The predicted octanol–water partition coefficient (Wildman–Crippen LogP) is 15.8. The molecule has 356 valence electrons. The van der Waals surface area contributed by atoms with Gasteiger partial charge in [-0.3, -0.25) is 9.59 Å². The van der Waals surface area contributed by atoms with Crippen molar-refractivity contribution in [3.05, 3.63) is 0 Å². The fourth-order valence-corrected chi connectivity index (χ4v) is 8.63. The molecule has 0 aliphatic heterocycles. The van der Waals surface area contributed by atoms with E-state index in [-0.39, 0.29) is 23.8 Å². The Morgan fingerprint density at radius 2 is 0.836 bits per heavy atom. The first-order valence-electron chi connectivity index (χ1n) is 27.1. The topological polar surface area (TPSA) is 52.7 Å². The first-order valence-corrected chi connectivity index (χ1v) is 27.1. The van der Waals surface area contributed by atoms with Gasteiger partial charge in [-0.2, -0.15) is 0 Å². The zero-order chi connectivity index (χ0) is 44.7. The van der Waals surface area contributed by atoms with E-state index in [4.69, 9.17) is 0 Å². The number of carbonyl (C=O) groups is 2. The molecule has 0 aromatic carbocycles. The van der Waals surface area contributed by atoms with Gasteiger partial charge < -0.3 is 15.1 Å². The smallest absolute Gasteiger partial charge is 0.243 e. The van der Waals surface area contributed by atoms with E-state index in [0.29, 0.717) is 19.5 Å². The molecule has 2 atom stereocenters. The van der Waals surface area contributed by atoms with Crippen LogP contribution in [0.1, 0.15) is 278 Å². The quantitative estimate of drug-likeness (QED) is 0.0490. The molecular weight excluding hydrogens is 747 g/mol. The third kappa shape index (κ3) is 39.4. The van der Waals surface area contributed by atoms with Gasteiger partial charge in [0.25, 0.3) is 0 Å². The second-order valence-corrected chi connectivity index (χ2v) is 18.9. The molecule has 0 aliphatic carbocycles. The number of amides is 2. The molecule has 2 unspecified atom stereocenters. The zero-order valence-electron chi connectivity index (χ0n) is 42.1. The normalized spacial score (nSPS) is 12.1. The van der Waals surface area contributed by atoms with Crippen LogP contribution in [-0.4, -0.2) is 61.4 Å². The van der Waals surface area contributed by atoms with Gasteiger partial charge in [0, 0.05) is 38.9 Å². The van der Waals surface area contributed by atoms with Gasteiger partial charge in [0.05, 0.1) is 0 Å². The van der Waals surface area contributed by atoms with Crippen LogP contribution < -0.4 is 5.32 Å². The van der Waals surface area contributed by atoms with Crippen molar-refractivity contribution in [2.24, 2.45) is 5.92 Å². The molecule has 61 heavy (non-hydrogen) atoms. The summed E-state index contributed by atoms with van der Waals surface area (Å²) in [7, 11) is 4.12. The lowest BCUT2D eigenvalue weighted by Crippen LogP contribution is -2.55. The highest BCUT2D eigenvalue weighted by atomic mass is 16.2. The Kier molecular flexibility index (Phi) is 46.0. The molecular formula is C56H105N3O2. The minimum Gasteiger partial charge on any atom is -0.354 e. The summed E-state index contributed by atoms with van der Waals surface area (Å²) in [4.78, 5) is 32.0. The summed E-state index contributed by atoms with van der Waals surface area (Å²) < 4.78 is 0. The number of likely N-dealkylation sites (N-methyl/N-ethyl adjacent to an activating group) is 1. The molecule has 0 saturated heterocycles. The van der Waals surface area contributed by atoms with Gasteiger partial charge in [-0.25, -0.2) is 0 Å². The number of nitrogens with zero attached hydrogens (tertiary/aromatic N) is 2. The molecule has 0 spiro atoms. The summed E-state index contributed by atoms with van der Waals surface area (Å²) in [5.74, 6) is 13.0. The van der Waals surface area contributed by atoms with Crippen LogP contribution >= 0.6 is 0 Å². The van der Waals surface area contributed by atoms with E-state index in [1.54, 1.807) is 0 Å². The molecule has 0 aromatic rings. The molecule has 5 heteroatoms. The Bertz CT molecular complexity index is 1080. The van der Waals surface area contributed by atoms with Crippen molar-refractivity contribution < 1.29 is 9.59 Å². The Balaban J connectivity index is 4.53. The van der Waals surface area contributed by atoms with Crippen molar-refractivity contribution in [3.63, 3.8) is 0 Å². The molecule has 2 amide bonds. The second kappa shape index (κ2) is 47.5. The van der Waals surface area contributed by atoms with Gasteiger partial charge >= 0.3 is 0 Å². The first-order chi connectivity index (χ1) is 29.9. The van der Waals surface area contributed by atoms with Gasteiger partial charge in [0.2, 0.25) is 11.8 Å². The van der Waals surface area contributed by atoms with Crippen molar-refractivity contribution in [3.8, 4) is 23.7 Å². The largest absolute Gasteiger partial charge is 0.354 e. The summed E-state index contributed by atoms with van der Waals surface area (Å²) in [6.45, 7) is 11.1. The molecule has 0 rings (SSSR count). The molecule has 0 heterocycles. The maximum Gasteiger partial charge on any atom is 0.243 e.